The highest BCUT2D eigenvalue weighted by Crippen LogP contribution is 2.27. The van der Waals surface area contributed by atoms with Crippen LogP contribution in [-0.4, -0.2) is 45.4 Å². The molecule has 0 aliphatic rings. The SMILES string of the molecule is C[C@H](c1nnc(SCC(=O)NC(c2ccccc2)c2ccccc2)n1-c1ccc(F)cc1)N(C)C. The Morgan fingerprint density at radius 1 is 0.943 bits per heavy atom. The maximum absolute atomic E-state index is 13.6. The number of hydrogen-bond acceptors (Lipinski definition) is 5. The third-order valence-corrected chi connectivity index (χ3v) is 6.72. The Kier molecular flexibility index (Phi) is 7.94. The first-order valence-electron chi connectivity index (χ1n) is 11.3. The van der Waals surface area contributed by atoms with Gasteiger partial charge in [-0.1, -0.05) is 72.4 Å². The third kappa shape index (κ3) is 5.96. The molecule has 0 aliphatic carbocycles. The van der Waals surface area contributed by atoms with Crippen molar-refractivity contribution in [3.8, 4) is 5.69 Å². The molecule has 1 atom stereocenters. The smallest absolute Gasteiger partial charge is 0.231 e. The number of thioether (sulfide) groups is 1. The highest BCUT2D eigenvalue weighted by molar-refractivity contribution is 7.99. The fourth-order valence-electron chi connectivity index (χ4n) is 3.69. The summed E-state index contributed by atoms with van der Waals surface area (Å²) in [5, 5.41) is 12.5. The second kappa shape index (κ2) is 11.3. The highest BCUT2D eigenvalue weighted by atomic mass is 32.2. The van der Waals surface area contributed by atoms with E-state index in [0.717, 1.165) is 22.6 Å². The molecule has 0 fully saturated rings. The van der Waals surface area contributed by atoms with Crippen LogP contribution in [0.25, 0.3) is 5.69 Å². The molecule has 0 saturated heterocycles. The molecule has 0 bridgehead atoms. The van der Waals surface area contributed by atoms with Gasteiger partial charge in [0.2, 0.25) is 5.91 Å². The van der Waals surface area contributed by atoms with Crippen molar-refractivity contribution < 1.29 is 9.18 Å². The minimum Gasteiger partial charge on any atom is -0.344 e. The van der Waals surface area contributed by atoms with Crippen LogP contribution in [0.5, 0.6) is 0 Å². The summed E-state index contributed by atoms with van der Waals surface area (Å²) in [5.41, 5.74) is 2.76. The van der Waals surface area contributed by atoms with Crippen molar-refractivity contribution in [1.29, 1.82) is 0 Å². The van der Waals surface area contributed by atoms with Gasteiger partial charge in [0, 0.05) is 5.69 Å². The molecule has 180 valence electrons. The van der Waals surface area contributed by atoms with E-state index in [9.17, 15) is 9.18 Å². The van der Waals surface area contributed by atoms with Crippen molar-refractivity contribution in [2.75, 3.05) is 19.8 Å². The molecule has 0 radical (unpaired) electrons. The van der Waals surface area contributed by atoms with Crippen LogP contribution in [0.15, 0.2) is 90.1 Å². The van der Waals surface area contributed by atoms with E-state index in [4.69, 9.17) is 0 Å². The molecule has 4 rings (SSSR count). The first kappa shape index (κ1) is 24.6. The van der Waals surface area contributed by atoms with Crippen LogP contribution >= 0.6 is 11.8 Å². The number of benzene rings is 3. The van der Waals surface area contributed by atoms with Gasteiger partial charge in [0.1, 0.15) is 5.82 Å². The fourth-order valence-corrected chi connectivity index (χ4v) is 4.46. The quantitative estimate of drug-likeness (QED) is 0.334. The van der Waals surface area contributed by atoms with Gasteiger partial charge in [-0.2, -0.15) is 0 Å². The Balaban J connectivity index is 1.56. The first-order valence-corrected chi connectivity index (χ1v) is 12.3. The van der Waals surface area contributed by atoms with E-state index in [1.165, 1.54) is 23.9 Å². The zero-order valence-electron chi connectivity index (χ0n) is 19.9. The van der Waals surface area contributed by atoms with Crippen LogP contribution in [0, 0.1) is 5.82 Å². The topological polar surface area (TPSA) is 63.1 Å². The summed E-state index contributed by atoms with van der Waals surface area (Å²) in [5.74, 6) is 0.441. The van der Waals surface area contributed by atoms with Crippen LogP contribution in [0.3, 0.4) is 0 Å². The number of carbonyl (C=O) groups excluding carboxylic acids is 1. The lowest BCUT2D eigenvalue weighted by Crippen LogP contribution is -2.30. The molecule has 1 amide bonds. The third-order valence-electron chi connectivity index (χ3n) is 5.79. The molecule has 0 spiro atoms. The maximum atomic E-state index is 13.6. The van der Waals surface area contributed by atoms with Crippen molar-refractivity contribution in [3.05, 3.63) is 108 Å². The summed E-state index contributed by atoms with van der Waals surface area (Å²) in [7, 11) is 3.92. The highest BCUT2D eigenvalue weighted by Gasteiger charge is 2.22. The zero-order chi connectivity index (χ0) is 24.8. The molecule has 1 heterocycles. The van der Waals surface area contributed by atoms with Crippen molar-refractivity contribution >= 4 is 17.7 Å². The second-order valence-corrected chi connectivity index (χ2v) is 9.35. The second-order valence-electron chi connectivity index (χ2n) is 8.40. The van der Waals surface area contributed by atoms with Gasteiger partial charge in [0.25, 0.3) is 0 Å². The number of aromatic nitrogens is 3. The lowest BCUT2D eigenvalue weighted by Gasteiger charge is -2.21. The standard InChI is InChI=1S/C27H28FN5OS/c1-19(32(2)3)26-30-31-27(33(26)23-16-14-22(28)15-17-23)35-18-24(34)29-25(20-10-6-4-7-11-20)21-12-8-5-9-13-21/h4-17,19,25H,18H2,1-3H3,(H,29,34)/t19-/m1/s1. The minimum absolute atomic E-state index is 0.0312. The van der Waals surface area contributed by atoms with Crippen molar-refractivity contribution in [2.24, 2.45) is 0 Å². The van der Waals surface area contributed by atoms with Crippen molar-refractivity contribution in [3.63, 3.8) is 0 Å². The van der Waals surface area contributed by atoms with Gasteiger partial charge in [0.05, 0.1) is 17.8 Å². The minimum atomic E-state index is -0.314. The number of hydrogen-bond donors (Lipinski definition) is 1. The Morgan fingerprint density at radius 3 is 2.06 bits per heavy atom. The number of amides is 1. The molecule has 6 nitrogen and oxygen atoms in total. The maximum Gasteiger partial charge on any atom is 0.231 e. The molecule has 1 aromatic heterocycles. The molecule has 4 aromatic rings. The predicted octanol–water partition coefficient (Wildman–Crippen LogP) is 5.03. The molecule has 0 aliphatic heterocycles. The average molecular weight is 490 g/mol. The zero-order valence-corrected chi connectivity index (χ0v) is 20.7. The Hall–Kier alpha value is -3.49. The average Bonchev–Trinajstić information content (AvgIpc) is 3.31. The summed E-state index contributed by atoms with van der Waals surface area (Å²) in [6.45, 7) is 2.02. The Labute approximate surface area is 209 Å². The number of nitrogens with one attached hydrogen (secondary N) is 1. The lowest BCUT2D eigenvalue weighted by atomic mass is 9.99. The van der Waals surface area contributed by atoms with Gasteiger partial charge in [-0.25, -0.2) is 4.39 Å². The molecule has 3 aromatic carbocycles. The van der Waals surface area contributed by atoms with E-state index in [1.54, 1.807) is 12.1 Å². The van der Waals surface area contributed by atoms with Crippen LogP contribution in [-0.2, 0) is 4.79 Å². The molecule has 0 saturated carbocycles. The summed E-state index contributed by atoms with van der Waals surface area (Å²) >= 11 is 1.30. The fraction of sp³-hybridized carbons (Fsp3) is 0.222. The van der Waals surface area contributed by atoms with Gasteiger partial charge in [-0.3, -0.25) is 14.3 Å². The van der Waals surface area contributed by atoms with Crippen LogP contribution < -0.4 is 5.32 Å². The number of rotatable bonds is 9. The molecular weight excluding hydrogens is 461 g/mol. The normalized spacial score (nSPS) is 12.2. The van der Waals surface area contributed by atoms with E-state index in [1.807, 2.05) is 91.1 Å². The van der Waals surface area contributed by atoms with Gasteiger partial charge < -0.3 is 5.32 Å². The van der Waals surface area contributed by atoms with Crippen molar-refractivity contribution in [2.45, 2.75) is 24.2 Å². The van der Waals surface area contributed by atoms with E-state index in [-0.39, 0.29) is 29.6 Å². The number of carbonyl (C=O) groups is 1. The van der Waals surface area contributed by atoms with E-state index < -0.39 is 0 Å². The Morgan fingerprint density at radius 2 is 1.51 bits per heavy atom. The van der Waals surface area contributed by atoms with Gasteiger partial charge in [-0.15, -0.1) is 10.2 Å². The first-order chi connectivity index (χ1) is 16.9. The van der Waals surface area contributed by atoms with E-state index in [2.05, 4.69) is 15.5 Å². The number of halogens is 1. The largest absolute Gasteiger partial charge is 0.344 e. The van der Waals surface area contributed by atoms with Crippen LogP contribution in [0.1, 0.15) is 36.0 Å². The van der Waals surface area contributed by atoms with Gasteiger partial charge >= 0.3 is 0 Å². The summed E-state index contributed by atoms with van der Waals surface area (Å²) in [6, 6.07) is 25.7. The summed E-state index contributed by atoms with van der Waals surface area (Å²) in [6.07, 6.45) is 0. The van der Waals surface area contributed by atoms with Crippen molar-refractivity contribution in [1.82, 2.24) is 25.0 Å². The van der Waals surface area contributed by atoms with Crippen LogP contribution in [0.4, 0.5) is 4.39 Å². The predicted molar refractivity (Wildman–Crippen MR) is 137 cm³/mol. The Bertz CT molecular complexity index is 1210. The van der Waals surface area contributed by atoms with Crippen LogP contribution in [0.2, 0.25) is 0 Å². The monoisotopic (exact) mass is 489 g/mol. The summed E-state index contributed by atoms with van der Waals surface area (Å²) in [4.78, 5) is 15.1. The molecule has 8 heteroatoms. The molecule has 35 heavy (non-hydrogen) atoms. The lowest BCUT2D eigenvalue weighted by molar-refractivity contribution is -0.119. The molecule has 0 unspecified atom stereocenters. The summed E-state index contributed by atoms with van der Waals surface area (Å²) < 4.78 is 15.4. The van der Waals surface area contributed by atoms with E-state index in [0.29, 0.717) is 5.16 Å². The van der Waals surface area contributed by atoms with Gasteiger partial charge in [-0.05, 0) is 56.4 Å². The van der Waals surface area contributed by atoms with E-state index >= 15 is 0 Å². The number of nitrogens with zero attached hydrogens (tertiary/aromatic N) is 4. The molecular formula is C27H28FN5OS. The molecule has 1 N–H and O–H groups in total. The van der Waals surface area contributed by atoms with Gasteiger partial charge in [0.15, 0.2) is 11.0 Å².